The molecule has 20 heavy (non-hydrogen) atoms. The van der Waals surface area contributed by atoms with E-state index in [9.17, 15) is 9.59 Å². The molecule has 0 spiro atoms. The molecular weight excluding hydrogens is 373 g/mol. The number of esters is 2. The van der Waals surface area contributed by atoms with Gasteiger partial charge in [-0.1, -0.05) is 0 Å². The molecule has 0 aliphatic rings. The monoisotopic (exact) mass is 391 g/mol. The average molecular weight is 391 g/mol. The molecule has 1 rings (SSSR count). The van der Waals surface area contributed by atoms with Gasteiger partial charge in [0.25, 0.3) is 0 Å². The Morgan fingerprint density at radius 3 is 1.95 bits per heavy atom. The highest BCUT2D eigenvalue weighted by Gasteiger charge is 2.20. The Morgan fingerprint density at radius 2 is 1.55 bits per heavy atom. The molecule has 1 heterocycles. The second-order valence-electron chi connectivity index (χ2n) is 3.80. The summed E-state index contributed by atoms with van der Waals surface area (Å²) in [5, 5.41) is 0. The maximum Gasteiger partial charge on any atom is 0.345 e. The van der Waals surface area contributed by atoms with Gasteiger partial charge in [0.05, 0.1) is 13.2 Å². The van der Waals surface area contributed by atoms with Crippen molar-refractivity contribution in [2.24, 2.45) is 7.05 Å². The highest BCUT2D eigenvalue weighted by molar-refractivity contribution is 6.17. The number of carbonyl (C=O) groups excluding carboxylic acids is 2. The van der Waals surface area contributed by atoms with Gasteiger partial charge >= 0.3 is 11.9 Å². The molecule has 0 N–H and O–H groups in total. The molecular formula is C14H18INO4. The quantitative estimate of drug-likeness (QED) is 0.146. The Hall–Kier alpha value is -1.44. The van der Waals surface area contributed by atoms with Gasteiger partial charge in [0.1, 0.15) is 12.6 Å². The van der Waals surface area contributed by atoms with Crippen molar-refractivity contribution in [3.05, 3.63) is 35.7 Å². The molecule has 0 atom stereocenters. The van der Waals surface area contributed by atoms with Crippen molar-refractivity contribution in [3.63, 3.8) is 0 Å². The Morgan fingerprint density at radius 1 is 1.10 bits per heavy atom. The predicted octanol–water partition coefficient (Wildman–Crippen LogP) is -1.98. The maximum absolute atomic E-state index is 11.7. The number of carbonyl (C=O) groups is 2. The van der Waals surface area contributed by atoms with E-state index >= 15 is 0 Å². The highest BCUT2D eigenvalue weighted by atomic mass is 127. The smallest absolute Gasteiger partial charge is 0.345 e. The Labute approximate surface area is 135 Å². The van der Waals surface area contributed by atoms with Gasteiger partial charge in [-0.15, -0.1) is 0 Å². The van der Waals surface area contributed by atoms with Crippen LogP contribution in [0.1, 0.15) is 19.4 Å². The van der Waals surface area contributed by atoms with E-state index in [0.29, 0.717) is 0 Å². The van der Waals surface area contributed by atoms with Gasteiger partial charge in [0.2, 0.25) is 0 Å². The first-order valence-corrected chi connectivity index (χ1v) is 6.09. The summed E-state index contributed by atoms with van der Waals surface area (Å²) in [6.07, 6.45) is 5.11. The third-order valence-electron chi connectivity index (χ3n) is 2.31. The van der Waals surface area contributed by atoms with Crippen LogP contribution in [0.3, 0.4) is 0 Å². The molecule has 0 fully saturated rings. The van der Waals surface area contributed by atoms with E-state index in [0.717, 1.165) is 5.56 Å². The largest absolute Gasteiger partial charge is 1.00 e. The molecule has 0 aliphatic carbocycles. The number of pyridine rings is 1. The van der Waals surface area contributed by atoms with Gasteiger partial charge in [-0.25, -0.2) is 14.2 Å². The number of nitrogens with zero attached hydrogens (tertiary/aromatic N) is 1. The molecule has 6 heteroatoms. The van der Waals surface area contributed by atoms with Gasteiger partial charge < -0.3 is 33.5 Å². The number of aromatic nitrogens is 1. The zero-order chi connectivity index (χ0) is 14.3. The van der Waals surface area contributed by atoms with Crippen molar-refractivity contribution in [3.8, 4) is 0 Å². The van der Waals surface area contributed by atoms with Crippen LogP contribution < -0.4 is 28.5 Å². The fourth-order valence-electron chi connectivity index (χ4n) is 1.39. The van der Waals surface area contributed by atoms with Crippen LogP contribution in [0.4, 0.5) is 0 Å². The number of halogens is 1. The van der Waals surface area contributed by atoms with Gasteiger partial charge in [-0.3, -0.25) is 0 Å². The van der Waals surface area contributed by atoms with Gasteiger partial charge in [0.15, 0.2) is 12.4 Å². The molecule has 5 nitrogen and oxygen atoms in total. The fraction of sp³-hybridized carbons (Fsp3) is 0.357. The minimum absolute atomic E-state index is 0. The van der Waals surface area contributed by atoms with Crippen LogP contribution in [0.5, 0.6) is 0 Å². The Bertz CT molecular complexity index is 462. The van der Waals surface area contributed by atoms with E-state index in [1.807, 2.05) is 24.0 Å². The summed E-state index contributed by atoms with van der Waals surface area (Å²) in [6.45, 7) is 3.78. The van der Waals surface area contributed by atoms with Crippen molar-refractivity contribution in [1.82, 2.24) is 0 Å². The van der Waals surface area contributed by atoms with Gasteiger partial charge in [-0.05, 0) is 25.5 Å². The molecule has 1 aromatic heterocycles. The zero-order valence-electron chi connectivity index (χ0n) is 11.8. The van der Waals surface area contributed by atoms with Crippen LogP contribution >= 0.6 is 0 Å². The Kier molecular flexibility index (Phi) is 8.78. The number of ether oxygens (including phenoxy) is 2. The molecule has 0 aromatic carbocycles. The van der Waals surface area contributed by atoms with E-state index in [1.165, 1.54) is 6.08 Å². The number of rotatable bonds is 5. The van der Waals surface area contributed by atoms with Crippen LogP contribution in [0.15, 0.2) is 30.1 Å². The van der Waals surface area contributed by atoms with Crippen LogP contribution in [0.2, 0.25) is 0 Å². The standard InChI is InChI=1S/C14H18NO4.HI/c1-4-18-13(16)12(14(17)19-5-2)10-11-6-8-15(3)9-7-11;/h6-10H,4-5H2,1-3H3;1H/q+1;/p-1. The summed E-state index contributed by atoms with van der Waals surface area (Å²) in [6, 6.07) is 3.58. The summed E-state index contributed by atoms with van der Waals surface area (Å²) in [4.78, 5) is 23.5. The molecule has 0 unspecified atom stereocenters. The van der Waals surface area contributed by atoms with Crippen LogP contribution in [0, 0.1) is 0 Å². The number of hydrogen-bond donors (Lipinski definition) is 0. The molecule has 110 valence electrons. The minimum atomic E-state index is -0.672. The van der Waals surface area contributed by atoms with E-state index in [-0.39, 0.29) is 42.8 Å². The predicted molar refractivity (Wildman–Crippen MR) is 68.9 cm³/mol. The SMILES string of the molecule is CCOC(=O)C(=Cc1cc[n+](C)cc1)C(=O)OCC.[I-]. The lowest BCUT2D eigenvalue weighted by molar-refractivity contribution is -0.671. The molecule has 0 radical (unpaired) electrons. The minimum Gasteiger partial charge on any atom is -1.00 e. The molecule has 0 saturated heterocycles. The molecule has 0 bridgehead atoms. The molecule has 0 saturated carbocycles. The summed E-state index contributed by atoms with van der Waals surface area (Å²) in [5.41, 5.74) is 0.631. The normalized spacial score (nSPS) is 9.15. The van der Waals surface area contributed by atoms with Crippen molar-refractivity contribution in [2.45, 2.75) is 13.8 Å². The lowest BCUT2D eigenvalue weighted by Crippen LogP contribution is -3.00. The van der Waals surface area contributed by atoms with Gasteiger partial charge in [-0.2, -0.15) is 0 Å². The topological polar surface area (TPSA) is 56.5 Å². The lowest BCUT2D eigenvalue weighted by Gasteiger charge is -2.06. The Balaban J connectivity index is 0.00000361. The fourth-order valence-corrected chi connectivity index (χ4v) is 1.39. The highest BCUT2D eigenvalue weighted by Crippen LogP contribution is 2.09. The van der Waals surface area contributed by atoms with Crippen molar-refractivity contribution < 1.29 is 47.6 Å². The molecule has 0 amide bonds. The van der Waals surface area contributed by atoms with Crippen molar-refractivity contribution >= 4 is 18.0 Å². The van der Waals surface area contributed by atoms with Crippen molar-refractivity contribution in [2.75, 3.05) is 13.2 Å². The number of aryl methyl sites for hydroxylation is 1. The maximum atomic E-state index is 11.7. The molecule has 1 aromatic rings. The first-order valence-electron chi connectivity index (χ1n) is 6.09. The van der Waals surface area contributed by atoms with Crippen LogP contribution in [-0.2, 0) is 26.1 Å². The average Bonchev–Trinajstić information content (AvgIpc) is 2.38. The van der Waals surface area contributed by atoms with Crippen LogP contribution in [0.25, 0.3) is 6.08 Å². The van der Waals surface area contributed by atoms with Crippen molar-refractivity contribution in [1.29, 1.82) is 0 Å². The first-order chi connectivity index (χ1) is 9.08. The number of hydrogen-bond acceptors (Lipinski definition) is 4. The first kappa shape index (κ1) is 18.6. The van der Waals surface area contributed by atoms with E-state index in [4.69, 9.17) is 9.47 Å². The molecule has 0 aliphatic heterocycles. The second-order valence-corrected chi connectivity index (χ2v) is 3.80. The third kappa shape index (κ3) is 5.68. The van der Waals surface area contributed by atoms with Gasteiger partial charge in [0, 0.05) is 12.1 Å². The third-order valence-corrected chi connectivity index (χ3v) is 2.31. The zero-order valence-corrected chi connectivity index (χ0v) is 13.9. The second kappa shape index (κ2) is 9.46. The van der Waals surface area contributed by atoms with Crippen LogP contribution in [-0.4, -0.2) is 25.2 Å². The summed E-state index contributed by atoms with van der Waals surface area (Å²) in [5.74, 6) is -1.34. The summed E-state index contributed by atoms with van der Waals surface area (Å²) >= 11 is 0. The van der Waals surface area contributed by atoms with E-state index < -0.39 is 11.9 Å². The van der Waals surface area contributed by atoms with E-state index in [2.05, 4.69) is 0 Å². The summed E-state index contributed by atoms with van der Waals surface area (Å²) < 4.78 is 11.6. The summed E-state index contributed by atoms with van der Waals surface area (Å²) in [7, 11) is 1.88. The lowest BCUT2D eigenvalue weighted by atomic mass is 10.1. The van der Waals surface area contributed by atoms with E-state index in [1.54, 1.807) is 26.0 Å².